The number of hydrogen-bond donors (Lipinski definition) is 0. The van der Waals surface area contributed by atoms with Crippen LogP contribution in [0.2, 0.25) is 0 Å². The molecular weight excluding hydrogens is 272 g/mol. The lowest BCUT2D eigenvalue weighted by molar-refractivity contribution is 0.110. The van der Waals surface area contributed by atoms with Crippen molar-refractivity contribution in [3.05, 3.63) is 29.8 Å². The van der Waals surface area contributed by atoms with Crippen LogP contribution in [0.5, 0.6) is 5.75 Å². The summed E-state index contributed by atoms with van der Waals surface area (Å²) >= 11 is 0. The van der Waals surface area contributed by atoms with E-state index in [1.165, 1.54) is 5.56 Å². The van der Waals surface area contributed by atoms with Gasteiger partial charge >= 0.3 is 0 Å². The summed E-state index contributed by atoms with van der Waals surface area (Å²) in [5.41, 5.74) is 1.49. The molecule has 0 saturated heterocycles. The van der Waals surface area contributed by atoms with E-state index in [1.807, 2.05) is 12.1 Å². The third-order valence-electron chi connectivity index (χ3n) is 4.53. The highest BCUT2D eigenvalue weighted by Crippen LogP contribution is 2.28. The molecule has 3 heteroatoms. The Hall–Kier alpha value is -1.06. The Bertz CT molecular complexity index is 439. The first kappa shape index (κ1) is 19.0. The number of ether oxygens (including phenoxy) is 1. The quantitative estimate of drug-likeness (QED) is 0.716. The van der Waals surface area contributed by atoms with E-state index in [0.717, 1.165) is 31.9 Å². The summed E-state index contributed by atoms with van der Waals surface area (Å²) in [6.07, 6.45) is 0. The van der Waals surface area contributed by atoms with Gasteiger partial charge in [-0.3, -0.25) is 9.80 Å². The standard InChI is InChI=1S/C19H34N2O/c1-8-20(14-15-21(9-2)19(4,5)6)16(3)17-12-10-11-13-18(17)22-7/h10-13,16H,8-9,14-15H2,1-7H3/t16-/m0/s1. The zero-order chi connectivity index (χ0) is 16.8. The lowest BCUT2D eigenvalue weighted by Gasteiger charge is -2.37. The van der Waals surface area contributed by atoms with Gasteiger partial charge in [0.05, 0.1) is 7.11 Å². The third kappa shape index (κ3) is 4.99. The summed E-state index contributed by atoms with van der Waals surface area (Å²) < 4.78 is 5.53. The lowest BCUT2D eigenvalue weighted by atomic mass is 10.0. The zero-order valence-electron chi connectivity index (χ0n) is 15.5. The minimum atomic E-state index is 0.224. The molecule has 1 atom stereocenters. The molecule has 126 valence electrons. The topological polar surface area (TPSA) is 15.7 Å². The van der Waals surface area contributed by atoms with Crippen molar-refractivity contribution in [3.63, 3.8) is 0 Å². The molecule has 0 heterocycles. The van der Waals surface area contributed by atoms with Crippen molar-refractivity contribution in [2.75, 3.05) is 33.3 Å². The molecule has 0 radical (unpaired) electrons. The minimum Gasteiger partial charge on any atom is -0.496 e. The predicted molar refractivity (Wildman–Crippen MR) is 95.7 cm³/mol. The van der Waals surface area contributed by atoms with Gasteiger partial charge in [0.25, 0.3) is 0 Å². The molecule has 0 amide bonds. The summed E-state index contributed by atoms with van der Waals surface area (Å²) in [5, 5.41) is 0. The number of benzene rings is 1. The molecule has 0 bridgehead atoms. The van der Waals surface area contributed by atoms with Crippen molar-refractivity contribution >= 4 is 0 Å². The van der Waals surface area contributed by atoms with E-state index in [-0.39, 0.29) is 5.54 Å². The first-order valence-electron chi connectivity index (χ1n) is 8.47. The van der Waals surface area contributed by atoms with Crippen LogP contribution in [-0.2, 0) is 0 Å². The van der Waals surface area contributed by atoms with E-state index in [1.54, 1.807) is 7.11 Å². The predicted octanol–water partition coefficient (Wildman–Crippen LogP) is 4.20. The fourth-order valence-electron chi connectivity index (χ4n) is 3.05. The normalized spacial score (nSPS) is 13.7. The van der Waals surface area contributed by atoms with Crippen LogP contribution in [-0.4, -0.2) is 48.6 Å². The van der Waals surface area contributed by atoms with Crippen LogP contribution in [0.4, 0.5) is 0 Å². The van der Waals surface area contributed by atoms with Crippen molar-refractivity contribution in [3.8, 4) is 5.75 Å². The number of rotatable bonds is 8. The summed E-state index contributed by atoms with van der Waals surface area (Å²) in [5.74, 6) is 0.983. The molecule has 0 aromatic heterocycles. The Morgan fingerprint density at radius 1 is 1.05 bits per heavy atom. The molecule has 1 aromatic carbocycles. The number of para-hydroxylation sites is 1. The second kappa shape index (κ2) is 8.54. The molecule has 0 aliphatic heterocycles. The number of hydrogen-bond acceptors (Lipinski definition) is 3. The summed E-state index contributed by atoms with van der Waals surface area (Å²) in [7, 11) is 1.75. The largest absolute Gasteiger partial charge is 0.496 e. The van der Waals surface area contributed by atoms with Crippen LogP contribution in [0.1, 0.15) is 53.1 Å². The molecule has 0 unspecified atom stereocenters. The van der Waals surface area contributed by atoms with Crippen LogP contribution in [0.3, 0.4) is 0 Å². The van der Waals surface area contributed by atoms with Gasteiger partial charge < -0.3 is 4.74 Å². The van der Waals surface area contributed by atoms with Gasteiger partial charge in [-0.2, -0.15) is 0 Å². The van der Waals surface area contributed by atoms with Gasteiger partial charge in [-0.1, -0.05) is 32.0 Å². The second-order valence-electron chi connectivity index (χ2n) is 6.80. The fourth-order valence-corrected chi connectivity index (χ4v) is 3.05. The van der Waals surface area contributed by atoms with E-state index in [9.17, 15) is 0 Å². The number of methoxy groups -OCH3 is 1. The zero-order valence-corrected chi connectivity index (χ0v) is 15.5. The maximum Gasteiger partial charge on any atom is 0.123 e. The highest BCUT2D eigenvalue weighted by atomic mass is 16.5. The average molecular weight is 306 g/mol. The average Bonchev–Trinajstić information content (AvgIpc) is 2.49. The Balaban J connectivity index is 2.79. The highest BCUT2D eigenvalue weighted by Gasteiger charge is 2.22. The van der Waals surface area contributed by atoms with Gasteiger partial charge in [-0.25, -0.2) is 0 Å². The van der Waals surface area contributed by atoms with Crippen molar-refractivity contribution in [1.29, 1.82) is 0 Å². The smallest absolute Gasteiger partial charge is 0.123 e. The van der Waals surface area contributed by atoms with Crippen molar-refractivity contribution < 1.29 is 4.74 Å². The van der Waals surface area contributed by atoms with E-state index in [2.05, 4.69) is 63.5 Å². The van der Waals surface area contributed by atoms with Gasteiger partial charge in [0.2, 0.25) is 0 Å². The molecule has 1 aromatic rings. The Kier molecular flexibility index (Phi) is 7.37. The monoisotopic (exact) mass is 306 g/mol. The van der Waals surface area contributed by atoms with E-state index in [4.69, 9.17) is 4.74 Å². The highest BCUT2D eigenvalue weighted by molar-refractivity contribution is 5.35. The van der Waals surface area contributed by atoms with Crippen molar-refractivity contribution in [2.24, 2.45) is 0 Å². The Morgan fingerprint density at radius 3 is 2.18 bits per heavy atom. The van der Waals surface area contributed by atoms with Gasteiger partial charge in [0.1, 0.15) is 5.75 Å². The summed E-state index contributed by atoms with van der Waals surface area (Å²) in [4.78, 5) is 5.05. The van der Waals surface area contributed by atoms with Crippen molar-refractivity contribution in [2.45, 2.75) is 53.1 Å². The van der Waals surface area contributed by atoms with Crippen LogP contribution in [0, 0.1) is 0 Å². The van der Waals surface area contributed by atoms with Crippen molar-refractivity contribution in [1.82, 2.24) is 9.80 Å². The molecule has 1 rings (SSSR count). The van der Waals surface area contributed by atoms with Gasteiger partial charge in [0, 0.05) is 30.2 Å². The van der Waals surface area contributed by atoms with Crippen LogP contribution in [0.15, 0.2) is 24.3 Å². The lowest BCUT2D eigenvalue weighted by Crippen LogP contribution is -2.45. The second-order valence-corrected chi connectivity index (χ2v) is 6.80. The van der Waals surface area contributed by atoms with Crippen LogP contribution in [0.25, 0.3) is 0 Å². The molecule has 0 fully saturated rings. The summed E-state index contributed by atoms with van der Waals surface area (Å²) in [6.45, 7) is 17.9. The molecule has 3 nitrogen and oxygen atoms in total. The maximum atomic E-state index is 5.53. The van der Waals surface area contributed by atoms with Gasteiger partial charge in [-0.15, -0.1) is 0 Å². The van der Waals surface area contributed by atoms with Crippen LogP contribution >= 0.6 is 0 Å². The SMILES string of the molecule is CCN(CCN(CC)C(C)(C)C)[C@@H](C)c1ccccc1OC. The van der Waals surface area contributed by atoms with Gasteiger partial charge in [0.15, 0.2) is 0 Å². The maximum absolute atomic E-state index is 5.53. The Morgan fingerprint density at radius 2 is 1.68 bits per heavy atom. The molecular formula is C19H34N2O. The molecule has 0 aliphatic rings. The minimum absolute atomic E-state index is 0.224. The summed E-state index contributed by atoms with van der Waals surface area (Å²) in [6, 6.07) is 8.71. The van der Waals surface area contributed by atoms with E-state index < -0.39 is 0 Å². The molecule has 22 heavy (non-hydrogen) atoms. The molecule has 0 N–H and O–H groups in total. The van der Waals surface area contributed by atoms with E-state index in [0.29, 0.717) is 6.04 Å². The Labute approximate surface area is 137 Å². The van der Waals surface area contributed by atoms with Crippen LogP contribution < -0.4 is 4.74 Å². The third-order valence-corrected chi connectivity index (χ3v) is 4.53. The first-order valence-corrected chi connectivity index (χ1v) is 8.47. The molecule has 0 saturated carbocycles. The van der Waals surface area contributed by atoms with Gasteiger partial charge in [-0.05, 0) is 46.9 Å². The van der Waals surface area contributed by atoms with E-state index >= 15 is 0 Å². The fraction of sp³-hybridized carbons (Fsp3) is 0.684. The molecule has 0 spiro atoms. The number of nitrogens with zero attached hydrogens (tertiary/aromatic N) is 2. The number of likely N-dealkylation sites (N-methyl/N-ethyl adjacent to an activating group) is 2. The molecule has 0 aliphatic carbocycles. The first-order chi connectivity index (χ1) is 10.3.